The molecule has 0 aliphatic heterocycles. The second-order valence-corrected chi connectivity index (χ2v) is 4.16. The number of halogens is 1. The van der Waals surface area contributed by atoms with Gasteiger partial charge in [-0.15, -0.1) is 0 Å². The molecule has 0 fully saturated rings. The molecule has 0 aliphatic rings. The highest BCUT2D eigenvalue weighted by Crippen LogP contribution is 2.22. The molecule has 1 N–H and O–H groups in total. The standard InChI is InChI=1S/C13H14ClN3O/c1-9-4-3-5-11(18-2)10(9)8-16-12-6-7-15-13(14)17-12/h3-7H,8H2,1-2H3,(H,15,16,17). The largest absolute Gasteiger partial charge is 0.496 e. The summed E-state index contributed by atoms with van der Waals surface area (Å²) in [5.41, 5.74) is 2.27. The summed E-state index contributed by atoms with van der Waals surface area (Å²) in [4.78, 5) is 7.91. The third kappa shape index (κ3) is 2.90. The molecule has 0 aliphatic carbocycles. The van der Waals surface area contributed by atoms with Gasteiger partial charge in [0.2, 0.25) is 5.28 Å². The second-order valence-electron chi connectivity index (χ2n) is 3.82. The van der Waals surface area contributed by atoms with Crippen molar-refractivity contribution >= 4 is 17.4 Å². The minimum Gasteiger partial charge on any atom is -0.496 e. The SMILES string of the molecule is COc1cccc(C)c1CNc1ccnc(Cl)n1. The van der Waals surface area contributed by atoms with Crippen LogP contribution in [0.1, 0.15) is 11.1 Å². The van der Waals surface area contributed by atoms with Crippen molar-refractivity contribution in [1.29, 1.82) is 0 Å². The van der Waals surface area contributed by atoms with Crippen LogP contribution in [-0.2, 0) is 6.54 Å². The number of anilines is 1. The first-order valence-electron chi connectivity index (χ1n) is 5.55. The number of ether oxygens (including phenoxy) is 1. The van der Waals surface area contributed by atoms with Crippen molar-refractivity contribution in [3.05, 3.63) is 46.9 Å². The van der Waals surface area contributed by atoms with Crippen LogP contribution < -0.4 is 10.1 Å². The van der Waals surface area contributed by atoms with Crippen LogP contribution in [0.15, 0.2) is 30.5 Å². The molecule has 0 amide bonds. The zero-order valence-electron chi connectivity index (χ0n) is 10.3. The molecule has 1 heterocycles. The van der Waals surface area contributed by atoms with Crippen molar-refractivity contribution < 1.29 is 4.74 Å². The smallest absolute Gasteiger partial charge is 0.224 e. The van der Waals surface area contributed by atoms with Crippen molar-refractivity contribution in [1.82, 2.24) is 9.97 Å². The van der Waals surface area contributed by atoms with E-state index in [4.69, 9.17) is 16.3 Å². The van der Waals surface area contributed by atoms with Gasteiger partial charge in [-0.1, -0.05) is 12.1 Å². The van der Waals surface area contributed by atoms with E-state index >= 15 is 0 Å². The van der Waals surface area contributed by atoms with Crippen molar-refractivity contribution in [2.75, 3.05) is 12.4 Å². The minimum atomic E-state index is 0.233. The molecular formula is C13H14ClN3O. The normalized spacial score (nSPS) is 10.2. The molecule has 1 aromatic heterocycles. The van der Waals surface area contributed by atoms with Gasteiger partial charge in [-0.2, -0.15) is 0 Å². The van der Waals surface area contributed by atoms with Crippen LogP contribution in [0, 0.1) is 6.92 Å². The van der Waals surface area contributed by atoms with Gasteiger partial charge in [-0.25, -0.2) is 9.97 Å². The number of hydrogen-bond acceptors (Lipinski definition) is 4. The minimum absolute atomic E-state index is 0.233. The van der Waals surface area contributed by atoms with Gasteiger partial charge in [0.05, 0.1) is 7.11 Å². The molecule has 18 heavy (non-hydrogen) atoms. The van der Waals surface area contributed by atoms with Crippen LogP contribution >= 0.6 is 11.6 Å². The topological polar surface area (TPSA) is 47.0 Å². The Labute approximate surface area is 111 Å². The predicted octanol–water partition coefficient (Wildman–Crippen LogP) is 3.06. The Morgan fingerprint density at radius 3 is 2.89 bits per heavy atom. The summed E-state index contributed by atoms with van der Waals surface area (Å²) in [5.74, 6) is 1.56. The average molecular weight is 264 g/mol. The molecule has 0 unspecified atom stereocenters. The molecule has 94 valence electrons. The maximum absolute atomic E-state index is 5.73. The van der Waals surface area contributed by atoms with E-state index in [9.17, 15) is 0 Å². The van der Waals surface area contributed by atoms with Gasteiger partial charge in [0.25, 0.3) is 0 Å². The summed E-state index contributed by atoms with van der Waals surface area (Å²) in [5, 5.41) is 3.43. The van der Waals surface area contributed by atoms with Gasteiger partial charge in [-0.05, 0) is 36.2 Å². The fourth-order valence-corrected chi connectivity index (χ4v) is 1.85. The summed E-state index contributed by atoms with van der Waals surface area (Å²) < 4.78 is 5.34. The number of aryl methyl sites for hydroxylation is 1. The first-order chi connectivity index (χ1) is 8.70. The van der Waals surface area contributed by atoms with Gasteiger partial charge in [0.1, 0.15) is 11.6 Å². The van der Waals surface area contributed by atoms with E-state index in [0.29, 0.717) is 12.4 Å². The van der Waals surface area contributed by atoms with E-state index in [-0.39, 0.29) is 5.28 Å². The van der Waals surface area contributed by atoms with Gasteiger partial charge in [-0.3, -0.25) is 0 Å². The third-order valence-corrected chi connectivity index (χ3v) is 2.84. The average Bonchev–Trinajstić information content (AvgIpc) is 2.37. The Bertz CT molecular complexity index is 546. The lowest BCUT2D eigenvalue weighted by Gasteiger charge is -2.12. The summed E-state index contributed by atoms with van der Waals surface area (Å²) >= 11 is 5.73. The fraction of sp³-hybridized carbons (Fsp3) is 0.231. The van der Waals surface area contributed by atoms with Crippen molar-refractivity contribution in [3.8, 4) is 5.75 Å². The monoisotopic (exact) mass is 263 g/mol. The van der Waals surface area contributed by atoms with Crippen molar-refractivity contribution in [3.63, 3.8) is 0 Å². The zero-order valence-corrected chi connectivity index (χ0v) is 11.0. The van der Waals surface area contributed by atoms with Crippen LogP contribution in [0.2, 0.25) is 5.28 Å². The van der Waals surface area contributed by atoms with E-state index < -0.39 is 0 Å². The highest BCUT2D eigenvalue weighted by atomic mass is 35.5. The van der Waals surface area contributed by atoms with Gasteiger partial charge in [0.15, 0.2) is 0 Å². The van der Waals surface area contributed by atoms with Crippen LogP contribution in [0.3, 0.4) is 0 Å². The van der Waals surface area contributed by atoms with E-state index in [0.717, 1.165) is 11.3 Å². The molecular weight excluding hydrogens is 250 g/mol. The highest BCUT2D eigenvalue weighted by Gasteiger charge is 2.06. The van der Waals surface area contributed by atoms with Crippen LogP contribution in [0.5, 0.6) is 5.75 Å². The number of hydrogen-bond donors (Lipinski definition) is 1. The molecule has 4 nitrogen and oxygen atoms in total. The molecule has 2 rings (SSSR count). The summed E-state index contributed by atoms with van der Waals surface area (Å²) in [6.45, 7) is 2.68. The quantitative estimate of drug-likeness (QED) is 0.862. The molecule has 0 bridgehead atoms. The number of aromatic nitrogens is 2. The summed E-state index contributed by atoms with van der Waals surface area (Å²) in [7, 11) is 1.67. The number of benzene rings is 1. The van der Waals surface area contributed by atoms with Crippen LogP contribution in [0.4, 0.5) is 5.82 Å². The highest BCUT2D eigenvalue weighted by molar-refractivity contribution is 6.28. The lowest BCUT2D eigenvalue weighted by Crippen LogP contribution is -2.05. The molecule has 0 saturated heterocycles. The summed E-state index contributed by atoms with van der Waals surface area (Å²) in [6, 6.07) is 7.74. The van der Waals surface area contributed by atoms with Gasteiger partial charge < -0.3 is 10.1 Å². The number of nitrogens with zero attached hydrogens (tertiary/aromatic N) is 2. The molecule has 2 aromatic rings. The zero-order chi connectivity index (χ0) is 13.0. The Morgan fingerprint density at radius 2 is 2.17 bits per heavy atom. The molecule has 0 atom stereocenters. The van der Waals surface area contributed by atoms with Crippen molar-refractivity contribution in [2.24, 2.45) is 0 Å². The number of rotatable bonds is 4. The predicted molar refractivity (Wildman–Crippen MR) is 72.1 cm³/mol. The Morgan fingerprint density at radius 1 is 1.33 bits per heavy atom. The van der Waals surface area contributed by atoms with E-state index in [1.807, 2.05) is 25.1 Å². The summed E-state index contributed by atoms with van der Waals surface area (Å²) in [6.07, 6.45) is 1.62. The van der Waals surface area contributed by atoms with Gasteiger partial charge in [0, 0.05) is 18.3 Å². The molecule has 1 aromatic carbocycles. The lowest BCUT2D eigenvalue weighted by molar-refractivity contribution is 0.410. The first-order valence-corrected chi connectivity index (χ1v) is 5.93. The Hall–Kier alpha value is -1.81. The molecule has 5 heteroatoms. The van der Waals surface area contributed by atoms with Crippen LogP contribution in [0.25, 0.3) is 0 Å². The van der Waals surface area contributed by atoms with Crippen LogP contribution in [-0.4, -0.2) is 17.1 Å². The Balaban J connectivity index is 2.15. The van der Waals surface area contributed by atoms with E-state index in [1.54, 1.807) is 19.4 Å². The maximum atomic E-state index is 5.73. The Kier molecular flexibility index (Phi) is 3.99. The fourth-order valence-electron chi connectivity index (χ4n) is 1.71. The first kappa shape index (κ1) is 12.6. The third-order valence-electron chi connectivity index (χ3n) is 2.66. The second kappa shape index (κ2) is 5.69. The molecule has 0 radical (unpaired) electrons. The number of nitrogens with one attached hydrogen (secondary N) is 1. The van der Waals surface area contributed by atoms with Gasteiger partial charge >= 0.3 is 0 Å². The maximum Gasteiger partial charge on any atom is 0.224 e. The van der Waals surface area contributed by atoms with E-state index in [2.05, 4.69) is 15.3 Å². The molecule has 0 spiro atoms. The van der Waals surface area contributed by atoms with E-state index in [1.165, 1.54) is 5.56 Å². The van der Waals surface area contributed by atoms with Crippen molar-refractivity contribution in [2.45, 2.75) is 13.5 Å². The number of methoxy groups -OCH3 is 1. The molecule has 0 saturated carbocycles. The lowest BCUT2D eigenvalue weighted by atomic mass is 10.1.